The minimum absolute atomic E-state index is 0.0120. The second-order valence-electron chi connectivity index (χ2n) is 5.00. The smallest absolute Gasteiger partial charge is 0.242 e. The number of anilines is 1. The number of halogens is 1. The molecule has 0 fully saturated rings. The molecule has 0 spiro atoms. The molecular weight excluding hydrogens is 318 g/mol. The highest BCUT2D eigenvalue weighted by Gasteiger charge is 2.21. The first-order valence-electron chi connectivity index (χ1n) is 6.55. The lowest BCUT2D eigenvalue weighted by molar-refractivity contribution is -0.122. The summed E-state index contributed by atoms with van der Waals surface area (Å²) in [4.78, 5) is 16.3. The second kappa shape index (κ2) is 6.22. The Kier molecular flexibility index (Phi) is 4.60. The van der Waals surface area contributed by atoms with Crippen molar-refractivity contribution in [2.75, 3.05) is 12.4 Å². The fraction of sp³-hybridized carbons (Fsp3) is 0.333. The van der Waals surface area contributed by atoms with E-state index < -0.39 is 0 Å². The SMILES string of the molecule is CNC(=O)C(Nc1ccnc2cc(Br)ccc12)C(C)C. The fourth-order valence-corrected chi connectivity index (χ4v) is 2.45. The predicted octanol–water partition coefficient (Wildman–Crippen LogP) is 3.18. The van der Waals surface area contributed by atoms with E-state index in [1.54, 1.807) is 13.2 Å². The van der Waals surface area contributed by atoms with E-state index in [2.05, 4.69) is 31.5 Å². The molecule has 1 aromatic carbocycles. The summed E-state index contributed by atoms with van der Waals surface area (Å²) in [7, 11) is 1.65. The molecule has 1 amide bonds. The van der Waals surface area contributed by atoms with E-state index in [0.717, 1.165) is 21.1 Å². The summed E-state index contributed by atoms with van der Waals surface area (Å²) in [6.45, 7) is 4.04. The lowest BCUT2D eigenvalue weighted by atomic mass is 10.0. The van der Waals surface area contributed by atoms with E-state index in [4.69, 9.17) is 0 Å². The molecule has 1 unspecified atom stereocenters. The van der Waals surface area contributed by atoms with Crippen LogP contribution in [-0.2, 0) is 4.79 Å². The summed E-state index contributed by atoms with van der Waals surface area (Å²) < 4.78 is 0.987. The predicted molar refractivity (Wildman–Crippen MR) is 85.8 cm³/mol. The Morgan fingerprint density at radius 1 is 1.30 bits per heavy atom. The van der Waals surface area contributed by atoms with E-state index in [0.29, 0.717) is 0 Å². The molecular formula is C15H18BrN3O. The first-order valence-corrected chi connectivity index (χ1v) is 7.34. The molecule has 0 radical (unpaired) electrons. The van der Waals surface area contributed by atoms with Crippen molar-refractivity contribution in [3.63, 3.8) is 0 Å². The van der Waals surface area contributed by atoms with Gasteiger partial charge in [-0.2, -0.15) is 0 Å². The van der Waals surface area contributed by atoms with Gasteiger partial charge in [-0.25, -0.2) is 0 Å². The van der Waals surface area contributed by atoms with Crippen molar-refractivity contribution in [2.45, 2.75) is 19.9 Å². The Morgan fingerprint density at radius 3 is 2.70 bits per heavy atom. The van der Waals surface area contributed by atoms with Gasteiger partial charge in [0.2, 0.25) is 5.91 Å². The van der Waals surface area contributed by atoms with Gasteiger partial charge in [0.05, 0.1) is 5.52 Å². The van der Waals surface area contributed by atoms with Gasteiger partial charge in [-0.05, 0) is 30.2 Å². The van der Waals surface area contributed by atoms with Gasteiger partial charge in [0.25, 0.3) is 0 Å². The highest BCUT2D eigenvalue weighted by atomic mass is 79.9. The number of amides is 1. The van der Waals surface area contributed by atoms with E-state index in [1.807, 2.05) is 38.1 Å². The number of carbonyl (C=O) groups excluding carboxylic acids is 1. The number of carbonyl (C=O) groups is 1. The molecule has 0 bridgehead atoms. The van der Waals surface area contributed by atoms with Crippen molar-refractivity contribution >= 4 is 38.4 Å². The van der Waals surface area contributed by atoms with Crippen LogP contribution >= 0.6 is 15.9 Å². The molecule has 4 nitrogen and oxygen atoms in total. The Hall–Kier alpha value is -1.62. The van der Waals surface area contributed by atoms with Gasteiger partial charge in [-0.15, -0.1) is 0 Å². The average Bonchev–Trinajstić information content (AvgIpc) is 2.43. The molecule has 0 aliphatic rings. The fourth-order valence-electron chi connectivity index (χ4n) is 2.11. The Labute approximate surface area is 127 Å². The van der Waals surface area contributed by atoms with Crippen LogP contribution in [0.25, 0.3) is 10.9 Å². The number of nitrogens with zero attached hydrogens (tertiary/aromatic N) is 1. The summed E-state index contributed by atoms with van der Waals surface area (Å²) in [6, 6.07) is 7.56. The zero-order valence-electron chi connectivity index (χ0n) is 11.8. The minimum Gasteiger partial charge on any atom is -0.373 e. The van der Waals surface area contributed by atoms with Gasteiger partial charge in [0, 0.05) is 28.8 Å². The number of benzene rings is 1. The van der Waals surface area contributed by atoms with Crippen LogP contribution < -0.4 is 10.6 Å². The van der Waals surface area contributed by atoms with Crippen molar-refractivity contribution in [3.8, 4) is 0 Å². The molecule has 1 heterocycles. The molecule has 0 aliphatic heterocycles. The number of hydrogen-bond acceptors (Lipinski definition) is 3. The number of nitrogens with one attached hydrogen (secondary N) is 2. The van der Waals surface area contributed by atoms with E-state index in [1.165, 1.54) is 0 Å². The Bertz CT molecular complexity index is 628. The summed E-state index contributed by atoms with van der Waals surface area (Å²) in [6.07, 6.45) is 1.75. The Balaban J connectivity index is 2.40. The summed E-state index contributed by atoms with van der Waals surface area (Å²) in [5, 5.41) is 7.03. The lowest BCUT2D eigenvalue weighted by Gasteiger charge is -2.22. The number of rotatable bonds is 4. The van der Waals surface area contributed by atoms with Crippen molar-refractivity contribution in [1.82, 2.24) is 10.3 Å². The number of aromatic nitrogens is 1. The third-order valence-electron chi connectivity index (χ3n) is 3.21. The van der Waals surface area contributed by atoms with Gasteiger partial charge in [-0.1, -0.05) is 29.8 Å². The molecule has 106 valence electrons. The van der Waals surface area contributed by atoms with Gasteiger partial charge in [-0.3, -0.25) is 9.78 Å². The molecule has 20 heavy (non-hydrogen) atoms. The lowest BCUT2D eigenvalue weighted by Crippen LogP contribution is -2.41. The minimum atomic E-state index is -0.269. The first kappa shape index (κ1) is 14.8. The average molecular weight is 336 g/mol. The second-order valence-corrected chi connectivity index (χ2v) is 5.92. The maximum Gasteiger partial charge on any atom is 0.242 e. The van der Waals surface area contributed by atoms with Crippen molar-refractivity contribution < 1.29 is 4.79 Å². The number of fused-ring (bicyclic) bond motifs is 1. The molecule has 2 aromatic rings. The van der Waals surface area contributed by atoms with Crippen LogP contribution in [0.15, 0.2) is 34.9 Å². The quantitative estimate of drug-likeness (QED) is 0.902. The summed E-state index contributed by atoms with van der Waals surface area (Å²) in [5.74, 6) is 0.177. The van der Waals surface area contributed by atoms with Crippen LogP contribution in [0.1, 0.15) is 13.8 Å². The third-order valence-corrected chi connectivity index (χ3v) is 3.70. The monoisotopic (exact) mass is 335 g/mol. The molecule has 0 saturated carbocycles. The van der Waals surface area contributed by atoms with Crippen LogP contribution in [0, 0.1) is 5.92 Å². The van der Waals surface area contributed by atoms with Gasteiger partial charge in [0.1, 0.15) is 6.04 Å². The molecule has 0 saturated heterocycles. The zero-order chi connectivity index (χ0) is 14.7. The zero-order valence-corrected chi connectivity index (χ0v) is 13.4. The Morgan fingerprint density at radius 2 is 2.05 bits per heavy atom. The van der Waals surface area contributed by atoms with E-state index >= 15 is 0 Å². The maximum absolute atomic E-state index is 12.0. The molecule has 5 heteroatoms. The third kappa shape index (κ3) is 3.10. The molecule has 2 rings (SSSR count). The van der Waals surface area contributed by atoms with E-state index in [-0.39, 0.29) is 17.9 Å². The molecule has 0 aliphatic carbocycles. The van der Waals surface area contributed by atoms with Crippen molar-refractivity contribution in [3.05, 3.63) is 34.9 Å². The van der Waals surface area contributed by atoms with Crippen LogP contribution in [0.3, 0.4) is 0 Å². The molecule has 1 aromatic heterocycles. The van der Waals surface area contributed by atoms with Crippen molar-refractivity contribution in [2.24, 2.45) is 5.92 Å². The van der Waals surface area contributed by atoms with Crippen LogP contribution in [0.4, 0.5) is 5.69 Å². The van der Waals surface area contributed by atoms with Gasteiger partial charge in [0.15, 0.2) is 0 Å². The number of pyridine rings is 1. The standard InChI is InChI=1S/C15H18BrN3O/c1-9(2)14(15(20)17-3)19-12-6-7-18-13-8-10(16)4-5-11(12)13/h4-9,14H,1-3H3,(H,17,20)(H,18,19). The number of likely N-dealkylation sites (N-methyl/N-ethyl adjacent to an activating group) is 1. The summed E-state index contributed by atoms with van der Waals surface area (Å²) >= 11 is 3.44. The molecule has 2 N–H and O–H groups in total. The largest absolute Gasteiger partial charge is 0.373 e. The molecule has 1 atom stereocenters. The van der Waals surface area contributed by atoms with Crippen molar-refractivity contribution in [1.29, 1.82) is 0 Å². The van der Waals surface area contributed by atoms with Crippen LogP contribution in [0.5, 0.6) is 0 Å². The van der Waals surface area contributed by atoms with Gasteiger partial charge >= 0.3 is 0 Å². The highest BCUT2D eigenvalue weighted by molar-refractivity contribution is 9.10. The summed E-state index contributed by atoms with van der Waals surface area (Å²) in [5.41, 5.74) is 1.81. The maximum atomic E-state index is 12.0. The highest BCUT2D eigenvalue weighted by Crippen LogP contribution is 2.26. The van der Waals surface area contributed by atoms with Crippen LogP contribution in [0.2, 0.25) is 0 Å². The van der Waals surface area contributed by atoms with Gasteiger partial charge < -0.3 is 10.6 Å². The number of hydrogen-bond donors (Lipinski definition) is 2. The first-order chi connectivity index (χ1) is 9.52. The van der Waals surface area contributed by atoms with Crippen LogP contribution in [-0.4, -0.2) is 24.0 Å². The normalized spacial score (nSPS) is 12.4. The topological polar surface area (TPSA) is 54.0 Å². The van der Waals surface area contributed by atoms with E-state index in [9.17, 15) is 4.79 Å².